The minimum atomic E-state index is -0.696. The molecule has 2 saturated carbocycles. The maximum absolute atomic E-state index is 11.2. The van der Waals surface area contributed by atoms with Gasteiger partial charge in [0.15, 0.2) is 0 Å². The van der Waals surface area contributed by atoms with Gasteiger partial charge in [0.1, 0.15) is 24.7 Å². The second-order valence-electron chi connectivity index (χ2n) is 7.60. The van der Waals surface area contributed by atoms with Crippen LogP contribution in [0.25, 0.3) is 0 Å². The molecule has 0 bridgehead atoms. The van der Waals surface area contributed by atoms with Gasteiger partial charge in [-0.3, -0.25) is 4.90 Å². The van der Waals surface area contributed by atoms with Crippen molar-refractivity contribution < 1.29 is 10.0 Å². The molecule has 0 spiro atoms. The van der Waals surface area contributed by atoms with Crippen molar-refractivity contribution in [2.45, 2.75) is 96.0 Å². The number of nitro groups is 1. The number of imidazole rings is 1. The molecule has 0 aromatic carbocycles. The first-order valence-electron chi connectivity index (χ1n) is 9.70. The quantitative estimate of drug-likeness (QED) is 0.456. The van der Waals surface area contributed by atoms with E-state index in [1.165, 1.54) is 43.1 Å². The lowest BCUT2D eigenvalue weighted by Gasteiger charge is -2.44. The Hall–Kier alpha value is -1.18. The molecule has 26 heavy (non-hydrogen) atoms. The zero-order valence-corrected chi connectivity index (χ0v) is 16.4. The van der Waals surface area contributed by atoms with Gasteiger partial charge in [0, 0.05) is 12.1 Å². The molecule has 0 saturated heterocycles. The van der Waals surface area contributed by atoms with Crippen LogP contribution in [0.3, 0.4) is 0 Å². The predicted molar refractivity (Wildman–Crippen MR) is 102 cm³/mol. The van der Waals surface area contributed by atoms with Crippen molar-refractivity contribution in [1.29, 1.82) is 0 Å². The van der Waals surface area contributed by atoms with Gasteiger partial charge in [-0.2, -0.15) is 0 Å². The third kappa shape index (κ3) is 4.96. The monoisotopic (exact) mass is 386 g/mol. The molecular formula is C18H31ClN4O3. The van der Waals surface area contributed by atoms with Gasteiger partial charge in [-0.1, -0.05) is 43.5 Å². The van der Waals surface area contributed by atoms with Gasteiger partial charge >= 0.3 is 5.95 Å². The van der Waals surface area contributed by atoms with Crippen LogP contribution in [0, 0.1) is 17.0 Å². The van der Waals surface area contributed by atoms with Gasteiger partial charge in [-0.25, -0.2) is 4.57 Å². The maximum atomic E-state index is 11.2. The average Bonchev–Trinajstić information content (AvgIpc) is 2.97. The Morgan fingerprint density at radius 2 is 1.69 bits per heavy atom. The highest BCUT2D eigenvalue weighted by Crippen LogP contribution is 2.32. The van der Waals surface area contributed by atoms with Gasteiger partial charge in [0.2, 0.25) is 0 Å². The van der Waals surface area contributed by atoms with E-state index in [4.69, 9.17) is 0 Å². The Labute approximate surface area is 161 Å². The van der Waals surface area contributed by atoms with E-state index < -0.39 is 11.2 Å². The largest absolute Gasteiger partial charge is 0.434 e. The van der Waals surface area contributed by atoms with E-state index in [1.54, 1.807) is 13.1 Å². The maximum Gasteiger partial charge on any atom is 0.434 e. The fourth-order valence-corrected chi connectivity index (χ4v) is 4.63. The first kappa shape index (κ1) is 21.1. The first-order chi connectivity index (χ1) is 12.1. The van der Waals surface area contributed by atoms with E-state index >= 15 is 0 Å². The summed E-state index contributed by atoms with van der Waals surface area (Å²) in [5, 5.41) is 22.3. The summed E-state index contributed by atoms with van der Waals surface area (Å²) < 4.78 is 1.50. The minimum Gasteiger partial charge on any atom is -0.390 e. The summed E-state index contributed by atoms with van der Waals surface area (Å²) in [5.41, 5.74) is 0.612. The fourth-order valence-electron chi connectivity index (χ4n) is 4.63. The molecule has 1 aromatic heterocycles. The third-order valence-corrected chi connectivity index (χ3v) is 5.74. The van der Waals surface area contributed by atoms with Crippen molar-refractivity contribution in [3.05, 3.63) is 22.0 Å². The van der Waals surface area contributed by atoms with E-state index in [-0.39, 0.29) is 24.9 Å². The highest BCUT2D eigenvalue weighted by molar-refractivity contribution is 5.85. The number of nitrogens with zero attached hydrogens (tertiary/aromatic N) is 4. The smallest absolute Gasteiger partial charge is 0.390 e. The summed E-state index contributed by atoms with van der Waals surface area (Å²) in [6, 6.07) is 0.797. The van der Waals surface area contributed by atoms with Crippen LogP contribution >= 0.6 is 12.4 Å². The molecular weight excluding hydrogens is 356 g/mol. The molecule has 148 valence electrons. The normalized spacial score (nSPS) is 20.7. The molecule has 2 fully saturated rings. The third-order valence-electron chi connectivity index (χ3n) is 5.74. The van der Waals surface area contributed by atoms with Crippen LogP contribution in [-0.4, -0.2) is 42.8 Å². The van der Waals surface area contributed by atoms with E-state index in [0.717, 1.165) is 25.7 Å². The molecule has 0 aliphatic heterocycles. The Kier molecular flexibility index (Phi) is 7.85. The number of aliphatic hydroxyl groups excluding tert-OH is 1. The average molecular weight is 387 g/mol. The van der Waals surface area contributed by atoms with Gasteiger partial charge in [0.05, 0.1) is 0 Å². The highest BCUT2D eigenvalue weighted by Gasteiger charge is 2.34. The Bertz CT molecular complexity index is 565. The number of aryl methyl sites for hydroxylation is 1. The SMILES string of the molecule is Cc1cn(CC(O)N(C2CCCCC2)C2CCCCC2)c([N+](=O)[O-])n1.Cl. The van der Waals surface area contributed by atoms with Crippen molar-refractivity contribution in [3.8, 4) is 0 Å². The lowest BCUT2D eigenvalue weighted by molar-refractivity contribution is -0.397. The summed E-state index contributed by atoms with van der Waals surface area (Å²) in [5.74, 6) is -0.177. The number of hydrogen-bond donors (Lipinski definition) is 1. The lowest BCUT2D eigenvalue weighted by atomic mass is 9.88. The van der Waals surface area contributed by atoms with Gasteiger partial charge in [-0.15, -0.1) is 12.4 Å². The van der Waals surface area contributed by atoms with Crippen LogP contribution in [0.5, 0.6) is 0 Å². The standard InChI is InChI=1S/C18H30N4O3.ClH/c1-14-12-20(18(19-14)22(24)25)13-17(23)21(15-8-4-2-5-9-15)16-10-6-3-7-11-16;/h12,15-17,23H,2-11,13H2,1H3;1H. The summed E-state index contributed by atoms with van der Waals surface area (Å²) in [4.78, 5) is 17.0. The molecule has 1 aromatic rings. The first-order valence-corrected chi connectivity index (χ1v) is 9.70. The van der Waals surface area contributed by atoms with Crippen LogP contribution in [0.1, 0.15) is 69.9 Å². The minimum absolute atomic E-state index is 0. The summed E-state index contributed by atoms with van der Waals surface area (Å²) in [7, 11) is 0. The molecule has 8 heteroatoms. The summed E-state index contributed by atoms with van der Waals surface area (Å²) in [6.45, 7) is 1.96. The molecule has 0 radical (unpaired) electrons. The fraction of sp³-hybridized carbons (Fsp3) is 0.833. The van der Waals surface area contributed by atoms with Crippen molar-refractivity contribution >= 4 is 18.4 Å². The molecule has 2 aliphatic rings. The number of aliphatic hydroxyl groups is 1. The molecule has 1 atom stereocenters. The summed E-state index contributed by atoms with van der Waals surface area (Å²) >= 11 is 0. The Morgan fingerprint density at radius 1 is 1.19 bits per heavy atom. The van der Waals surface area contributed by atoms with Crippen LogP contribution in [0.2, 0.25) is 0 Å². The Morgan fingerprint density at radius 3 is 2.15 bits per heavy atom. The van der Waals surface area contributed by atoms with E-state index in [2.05, 4.69) is 9.88 Å². The second-order valence-corrected chi connectivity index (χ2v) is 7.60. The van der Waals surface area contributed by atoms with Gasteiger partial charge in [0.25, 0.3) is 0 Å². The number of rotatable bonds is 6. The lowest BCUT2D eigenvalue weighted by Crippen LogP contribution is -2.52. The number of hydrogen-bond acceptors (Lipinski definition) is 5. The molecule has 1 heterocycles. The Balaban J connectivity index is 0.00000243. The van der Waals surface area contributed by atoms with Crippen molar-refractivity contribution in [1.82, 2.24) is 14.5 Å². The van der Waals surface area contributed by atoms with Crippen LogP contribution in [0.4, 0.5) is 5.95 Å². The van der Waals surface area contributed by atoms with Crippen molar-refractivity contribution in [2.75, 3.05) is 0 Å². The van der Waals surface area contributed by atoms with E-state index in [1.807, 2.05) is 0 Å². The highest BCUT2D eigenvalue weighted by atomic mass is 35.5. The van der Waals surface area contributed by atoms with Crippen LogP contribution < -0.4 is 0 Å². The zero-order valence-electron chi connectivity index (χ0n) is 15.5. The predicted octanol–water partition coefficient (Wildman–Crippen LogP) is 3.81. The number of aromatic nitrogens is 2. The van der Waals surface area contributed by atoms with Crippen molar-refractivity contribution in [2.24, 2.45) is 0 Å². The molecule has 0 amide bonds. The zero-order chi connectivity index (χ0) is 17.8. The van der Waals surface area contributed by atoms with Crippen LogP contribution in [0.15, 0.2) is 6.20 Å². The molecule has 1 unspecified atom stereocenters. The van der Waals surface area contributed by atoms with Crippen molar-refractivity contribution in [3.63, 3.8) is 0 Å². The van der Waals surface area contributed by atoms with E-state index in [0.29, 0.717) is 17.8 Å². The topological polar surface area (TPSA) is 84.4 Å². The molecule has 2 aliphatic carbocycles. The number of halogens is 1. The molecule has 3 rings (SSSR count). The van der Waals surface area contributed by atoms with Gasteiger partial charge < -0.3 is 15.2 Å². The van der Waals surface area contributed by atoms with E-state index in [9.17, 15) is 15.2 Å². The van der Waals surface area contributed by atoms with Crippen LogP contribution in [-0.2, 0) is 6.54 Å². The molecule has 7 nitrogen and oxygen atoms in total. The van der Waals surface area contributed by atoms with Gasteiger partial charge in [-0.05, 0) is 37.5 Å². The molecule has 1 N–H and O–H groups in total. The summed E-state index contributed by atoms with van der Waals surface area (Å²) in [6.07, 6.45) is 12.9. The second kappa shape index (κ2) is 9.67.